The van der Waals surface area contributed by atoms with Crippen LogP contribution >= 0.6 is 11.3 Å². The molecule has 2 aliphatic rings. The first-order valence-electron chi connectivity index (χ1n) is 15.1. The number of piperazine rings is 1. The van der Waals surface area contributed by atoms with Crippen molar-refractivity contribution < 1.29 is 19.1 Å². The molecule has 11 heteroatoms. The molecule has 2 N–H and O–H groups in total. The highest BCUT2D eigenvalue weighted by atomic mass is 32.1. The third kappa shape index (κ3) is 10.1. The predicted molar refractivity (Wildman–Crippen MR) is 166 cm³/mol. The monoisotopic (exact) mass is 598 g/mol. The highest BCUT2D eigenvalue weighted by Gasteiger charge is 2.23. The van der Waals surface area contributed by atoms with Crippen LogP contribution in [0.25, 0.3) is 0 Å². The lowest BCUT2D eigenvalue weighted by atomic mass is 10.1. The number of anilines is 1. The van der Waals surface area contributed by atoms with E-state index < -0.39 is 11.7 Å². The molecule has 1 aliphatic heterocycles. The molecule has 0 spiro atoms. The van der Waals surface area contributed by atoms with Crippen LogP contribution in [-0.4, -0.2) is 95.6 Å². The molecule has 0 atom stereocenters. The van der Waals surface area contributed by atoms with Crippen molar-refractivity contribution in [2.24, 2.45) is 0 Å². The zero-order chi connectivity index (χ0) is 30.1. The van der Waals surface area contributed by atoms with Gasteiger partial charge < -0.3 is 24.8 Å². The maximum absolute atomic E-state index is 13.2. The minimum atomic E-state index is -0.612. The van der Waals surface area contributed by atoms with Gasteiger partial charge in [0.2, 0.25) is 0 Å². The number of Topliss-reactive ketones (excluding diaryl/α,β-unsaturated/α-hetero) is 1. The number of thiophene rings is 1. The third-order valence-electron chi connectivity index (χ3n) is 7.68. The van der Waals surface area contributed by atoms with E-state index in [0.29, 0.717) is 24.5 Å². The standard InChI is InChI=1S/C31H46N6O4S/c1-31(2,3)41-30(40)34-27-22-42-21-24(27)18-28(38)26-11-10-23(19-32-26)20-37(29(39)33-25-8-5-6-9-25)13-7-12-36-16-14-35(4)15-17-36/h10-11,19,21-22,25H,5-9,12-18,20H2,1-4H3,(H,33,39)(H,34,40). The molecular weight excluding hydrogens is 552 g/mol. The minimum Gasteiger partial charge on any atom is -0.444 e. The number of carbonyl (C=O) groups excluding carboxylic acids is 3. The fourth-order valence-corrected chi connectivity index (χ4v) is 6.08. The lowest BCUT2D eigenvalue weighted by Crippen LogP contribution is -2.46. The predicted octanol–water partition coefficient (Wildman–Crippen LogP) is 5.01. The summed E-state index contributed by atoms with van der Waals surface area (Å²) in [6, 6.07) is 3.83. The minimum absolute atomic E-state index is 0.0251. The molecule has 3 amide bonds. The molecule has 10 nitrogen and oxygen atoms in total. The van der Waals surface area contributed by atoms with E-state index in [1.807, 2.05) is 16.3 Å². The second kappa shape index (κ2) is 14.9. The van der Waals surface area contributed by atoms with Crippen molar-refractivity contribution in [1.29, 1.82) is 0 Å². The molecule has 2 aromatic heterocycles. The fourth-order valence-electron chi connectivity index (χ4n) is 5.30. The van der Waals surface area contributed by atoms with Crippen LogP contribution in [0.3, 0.4) is 0 Å². The van der Waals surface area contributed by atoms with E-state index in [-0.39, 0.29) is 24.3 Å². The number of urea groups is 1. The molecule has 3 heterocycles. The largest absolute Gasteiger partial charge is 0.444 e. The number of ether oxygens (including phenoxy) is 1. The van der Waals surface area contributed by atoms with Crippen LogP contribution in [0.2, 0.25) is 0 Å². The van der Waals surface area contributed by atoms with Crippen molar-refractivity contribution >= 4 is 34.9 Å². The Bertz CT molecular complexity index is 1180. The van der Waals surface area contributed by atoms with E-state index in [9.17, 15) is 14.4 Å². The molecule has 0 aromatic carbocycles. The van der Waals surface area contributed by atoms with Gasteiger partial charge >= 0.3 is 12.1 Å². The van der Waals surface area contributed by atoms with Crippen molar-refractivity contribution in [2.75, 3.05) is 51.6 Å². The Morgan fingerprint density at radius 2 is 1.83 bits per heavy atom. The van der Waals surface area contributed by atoms with Gasteiger partial charge in [-0.05, 0) is 76.2 Å². The van der Waals surface area contributed by atoms with Gasteiger partial charge in [0.05, 0.1) is 5.69 Å². The van der Waals surface area contributed by atoms with Crippen LogP contribution in [0, 0.1) is 0 Å². The average molecular weight is 599 g/mol. The van der Waals surface area contributed by atoms with Gasteiger partial charge in [-0.1, -0.05) is 18.9 Å². The number of rotatable bonds is 11. The second-order valence-corrected chi connectivity index (χ2v) is 13.2. The van der Waals surface area contributed by atoms with Crippen molar-refractivity contribution in [1.82, 2.24) is 25.0 Å². The summed E-state index contributed by atoms with van der Waals surface area (Å²) in [6.45, 7) is 11.8. The molecule has 0 bridgehead atoms. The van der Waals surface area contributed by atoms with E-state index >= 15 is 0 Å². The van der Waals surface area contributed by atoms with Crippen LogP contribution in [0.15, 0.2) is 29.1 Å². The number of nitrogens with one attached hydrogen (secondary N) is 2. The van der Waals surface area contributed by atoms with Gasteiger partial charge in [0, 0.05) is 63.3 Å². The number of amides is 3. The van der Waals surface area contributed by atoms with E-state index in [1.165, 1.54) is 11.3 Å². The van der Waals surface area contributed by atoms with Gasteiger partial charge in [0.25, 0.3) is 0 Å². The second-order valence-electron chi connectivity index (χ2n) is 12.4. The molecule has 0 radical (unpaired) electrons. The van der Waals surface area contributed by atoms with Crippen LogP contribution in [0.5, 0.6) is 0 Å². The molecule has 4 rings (SSSR count). The van der Waals surface area contributed by atoms with Gasteiger partial charge in [0.15, 0.2) is 5.78 Å². The van der Waals surface area contributed by atoms with Crippen LogP contribution in [0.4, 0.5) is 15.3 Å². The summed E-state index contributed by atoms with van der Waals surface area (Å²) in [4.78, 5) is 49.6. The van der Waals surface area contributed by atoms with Gasteiger partial charge in [-0.25, -0.2) is 9.59 Å². The maximum atomic E-state index is 13.2. The van der Waals surface area contributed by atoms with E-state index in [2.05, 4.69) is 32.5 Å². The summed E-state index contributed by atoms with van der Waals surface area (Å²) >= 11 is 1.41. The summed E-state index contributed by atoms with van der Waals surface area (Å²) < 4.78 is 5.33. The maximum Gasteiger partial charge on any atom is 0.412 e. The van der Waals surface area contributed by atoms with Gasteiger partial charge in [-0.15, -0.1) is 11.3 Å². The number of ketones is 1. The first-order chi connectivity index (χ1) is 20.1. The Morgan fingerprint density at radius 3 is 2.50 bits per heavy atom. The first kappa shape index (κ1) is 31.9. The summed E-state index contributed by atoms with van der Waals surface area (Å²) in [5.74, 6) is -0.143. The van der Waals surface area contributed by atoms with E-state index in [1.54, 1.807) is 38.4 Å². The number of hydrogen-bond acceptors (Lipinski definition) is 8. The summed E-state index contributed by atoms with van der Waals surface area (Å²) in [7, 11) is 2.16. The van der Waals surface area contributed by atoms with E-state index in [0.717, 1.165) is 76.0 Å². The zero-order valence-electron chi connectivity index (χ0n) is 25.5. The SMILES string of the molecule is CN1CCN(CCCN(Cc2ccc(C(=O)Cc3cscc3NC(=O)OC(C)(C)C)nc2)C(=O)NC2CCCC2)CC1. The van der Waals surface area contributed by atoms with Crippen LogP contribution < -0.4 is 10.6 Å². The normalized spacial score (nSPS) is 16.8. The average Bonchev–Trinajstić information content (AvgIpc) is 3.60. The molecule has 0 unspecified atom stereocenters. The van der Waals surface area contributed by atoms with Crippen molar-refractivity contribution in [2.45, 2.75) is 77.5 Å². The van der Waals surface area contributed by atoms with Crippen molar-refractivity contribution in [3.05, 3.63) is 45.9 Å². The molecular formula is C31H46N6O4S. The van der Waals surface area contributed by atoms with Gasteiger partial charge in [-0.3, -0.25) is 15.1 Å². The Morgan fingerprint density at radius 1 is 1.10 bits per heavy atom. The fraction of sp³-hybridized carbons (Fsp3) is 0.613. The number of nitrogens with zero attached hydrogens (tertiary/aromatic N) is 4. The molecule has 1 aliphatic carbocycles. The molecule has 1 saturated carbocycles. The molecule has 230 valence electrons. The van der Waals surface area contributed by atoms with Crippen molar-refractivity contribution in [3.8, 4) is 0 Å². The summed E-state index contributed by atoms with van der Waals surface area (Å²) in [5, 5.41) is 9.61. The topological polar surface area (TPSA) is 107 Å². The van der Waals surface area contributed by atoms with Crippen LogP contribution in [0.1, 0.15) is 74.5 Å². The van der Waals surface area contributed by atoms with Gasteiger partial charge in [0.1, 0.15) is 11.3 Å². The van der Waals surface area contributed by atoms with Crippen LogP contribution in [-0.2, 0) is 17.7 Å². The number of pyridine rings is 1. The smallest absolute Gasteiger partial charge is 0.412 e. The molecule has 1 saturated heterocycles. The quantitative estimate of drug-likeness (QED) is 0.350. The molecule has 42 heavy (non-hydrogen) atoms. The highest BCUT2D eigenvalue weighted by molar-refractivity contribution is 7.08. The Labute approximate surface area is 253 Å². The number of hydrogen-bond donors (Lipinski definition) is 2. The van der Waals surface area contributed by atoms with Crippen molar-refractivity contribution in [3.63, 3.8) is 0 Å². The summed E-state index contributed by atoms with van der Waals surface area (Å²) in [5.41, 5.74) is 1.91. The number of likely N-dealkylation sites (N-methyl/N-ethyl adjacent to an activating group) is 1. The Balaban J connectivity index is 1.33. The summed E-state index contributed by atoms with van der Waals surface area (Å²) in [6.07, 6.45) is 6.57. The highest BCUT2D eigenvalue weighted by Crippen LogP contribution is 2.24. The number of aromatic nitrogens is 1. The lowest BCUT2D eigenvalue weighted by molar-refractivity contribution is 0.0635. The van der Waals surface area contributed by atoms with E-state index in [4.69, 9.17) is 4.74 Å². The third-order valence-corrected chi connectivity index (χ3v) is 8.47. The lowest BCUT2D eigenvalue weighted by Gasteiger charge is -2.33. The molecule has 2 aromatic rings. The first-order valence-corrected chi connectivity index (χ1v) is 16.0. The van der Waals surface area contributed by atoms with Gasteiger partial charge in [-0.2, -0.15) is 0 Å². The number of carbonyl (C=O) groups is 3. The Kier molecular flexibility index (Phi) is 11.3. The molecule has 2 fully saturated rings. The Hall–Kier alpha value is -3.02. The zero-order valence-corrected chi connectivity index (χ0v) is 26.3.